The van der Waals surface area contributed by atoms with Gasteiger partial charge in [-0.25, -0.2) is 0 Å². The summed E-state index contributed by atoms with van der Waals surface area (Å²) in [5.74, 6) is 0.887. The minimum absolute atomic E-state index is 0.0565. The SMILES string of the molecule is Cc1ccc(N2CCN(C(=O)c3cccc4cc(C)oc34)[C@H](C)C2)cc1. The van der Waals surface area contributed by atoms with Crippen LogP contribution in [-0.4, -0.2) is 36.5 Å². The zero-order chi connectivity index (χ0) is 18.3. The van der Waals surface area contributed by atoms with Gasteiger partial charge in [0, 0.05) is 36.7 Å². The molecule has 4 nitrogen and oxygen atoms in total. The van der Waals surface area contributed by atoms with Crippen LogP contribution in [0.5, 0.6) is 0 Å². The third-order valence-corrected chi connectivity index (χ3v) is 5.19. The highest BCUT2D eigenvalue weighted by molar-refractivity contribution is 6.05. The molecule has 0 saturated carbocycles. The molecule has 1 aromatic heterocycles. The third kappa shape index (κ3) is 2.96. The number of carbonyl (C=O) groups is 1. The molecule has 0 aliphatic carbocycles. The maximum atomic E-state index is 13.2. The van der Waals surface area contributed by atoms with E-state index >= 15 is 0 Å². The third-order valence-electron chi connectivity index (χ3n) is 5.19. The molecule has 1 saturated heterocycles. The van der Waals surface area contributed by atoms with Crippen LogP contribution in [0.25, 0.3) is 11.0 Å². The number of aryl methyl sites for hydroxylation is 2. The summed E-state index contributed by atoms with van der Waals surface area (Å²) < 4.78 is 5.79. The van der Waals surface area contributed by atoms with Crippen LogP contribution in [0.1, 0.15) is 28.6 Å². The molecular formula is C22H24N2O2. The fraction of sp³-hybridized carbons (Fsp3) is 0.318. The Morgan fingerprint density at radius 1 is 1.08 bits per heavy atom. The molecule has 0 N–H and O–H groups in total. The van der Waals surface area contributed by atoms with Gasteiger partial charge < -0.3 is 14.2 Å². The van der Waals surface area contributed by atoms with Crippen LogP contribution in [0.2, 0.25) is 0 Å². The number of nitrogens with zero attached hydrogens (tertiary/aromatic N) is 2. The topological polar surface area (TPSA) is 36.7 Å². The summed E-state index contributed by atoms with van der Waals surface area (Å²) >= 11 is 0. The fourth-order valence-electron chi connectivity index (χ4n) is 3.76. The molecule has 4 heteroatoms. The molecule has 0 spiro atoms. The molecule has 3 aromatic rings. The summed E-state index contributed by atoms with van der Waals surface area (Å²) in [6.07, 6.45) is 0. The summed E-state index contributed by atoms with van der Waals surface area (Å²) in [5.41, 5.74) is 3.84. The van der Waals surface area contributed by atoms with Gasteiger partial charge >= 0.3 is 0 Å². The number of benzene rings is 2. The van der Waals surface area contributed by atoms with Crippen molar-refractivity contribution in [2.75, 3.05) is 24.5 Å². The van der Waals surface area contributed by atoms with E-state index in [1.165, 1.54) is 11.3 Å². The lowest BCUT2D eigenvalue weighted by Crippen LogP contribution is -2.54. The molecule has 2 aromatic carbocycles. The van der Waals surface area contributed by atoms with Crippen molar-refractivity contribution in [1.82, 2.24) is 4.90 Å². The lowest BCUT2D eigenvalue weighted by atomic mass is 10.1. The van der Waals surface area contributed by atoms with Crippen LogP contribution >= 0.6 is 0 Å². The van der Waals surface area contributed by atoms with Gasteiger partial charge in [-0.05, 0) is 45.0 Å². The first-order valence-electron chi connectivity index (χ1n) is 9.14. The van der Waals surface area contributed by atoms with E-state index in [1.807, 2.05) is 36.1 Å². The number of hydrogen-bond acceptors (Lipinski definition) is 3. The number of carbonyl (C=O) groups excluding carboxylic acids is 1. The van der Waals surface area contributed by atoms with Crippen molar-refractivity contribution < 1.29 is 9.21 Å². The van der Waals surface area contributed by atoms with Crippen molar-refractivity contribution in [1.29, 1.82) is 0 Å². The number of piperazine rings is 1. The largest absolute Gasteiger partial charge is 0.461 e. The highest BCUT2D eigenvalue weighted by Gasteiger charge is 2.29. The minimum Gasteiger partial charge on any atom is -0.461 e. The zero-order valence-corrected chi connectivity index (χ0v) is 15.5. The lowest BCUT2D eigenvalue weighted by Gasteiger charge is -2.41. The van der Waals surface area contributed by atoms with Gasteiger partial charge in [0.25, 0.3) is 5.91 Å². The van der Waals surface area contributed by atoms with Crippen molar-refractivity contribution in [3.63, 3.8) is 0 Å². The van der Waals surface area contributed by atoms with Gasteiger partial charge in [0.2, 0.25) is 0 Å². The van der Waals surface area contributed by atoms with Crippen molar-refractivity contribution in [3.05, 3.63) is 65.4 Å². The van der Waals surface area contributed by atoms with Gasteiger partial charge in [0.1, 0.15) is 11.3 Å². The molecule has 1 aliphatic heterocycles. The molecule has 0 radical (unpaired) electrons. The van der Waals surface area contributed by atoms with Crippen LogP contribution in [0, 0.1) is 13.8 Å². The van der Waals surface area contributed by atoms with Gasteiger partial charge in [-0.2, -0.15) is 0 Å². The summed E-state index contributed by atoms with van der Waals surface area (Å²) in [4.78, 5) is 17.5. The molecule has 1 aliphatic rings. The Morgan fingerprint density at radius 2 is 1.85 bits per heavy atom. The molecule has 1 amide bonds. The Kier molecular flexibility index (Phi) is 4.19. The number of hydrogen-bond donors (Lipinski definition) is 0. The van der Waals surface area contributed by atoms with Crippen LogP contribution in [0.3, 0.4) is 0 Å². The molecular weight excluding hydrogens is 324 g/mol. The van der Waals surface area contributed by atoms with E-state index in [4.69, 9.17) is 4.42 Å². The van der Waals surface area contributed by atoms with Crippen molar-refractivity contribution in [2.45, 2.75) is 26.8 Å². The van der Waals surface area contributed by atoms with E-state index in [2.05, 4.69) is 43.0 Å². The molecule has 0 unspecified atom stereocenters. The Balaban J connectivity index is 1.55. The monoisotopic (exact) mass is 348 g/mol. The Morgan fingerprint density at radius 3 is 2.58 bits per heavy atom. The number of furan rings is 1. The summed E-state index contributed by atoms with van der Waals surface area (Å²) in [7, 11) is 0. The Bertz CT molecular complexity index is 942. The standard InChI is InChI=1S/C22H24N2O2/c1-15-7-9-19(10-8-15)23-11-12-24(16(2)14-23)22(25)20-6-4-5-18-13-17(3)26-21(18)20/h4-10,13,16H,11-12,14H2,1-3H3/t16-/m1/s1. The first-order valence-corrected chi connectivity index (χ1v) is 9.14. The normalized spacial score (nSPS) is 17.7. The van der Waals surface area contributed by atoms with E-state index in [0.717, 1.165) is 24.2 Å². The highest BCUT2D eigenvalue weighted by Crippen LogP contribution is 2.26. The fourth-order valence-corrected chi connectivity index (χ4v) is 3.76. The Hall–Kier alpha value is -2.75. The van der Waals surface area contributed by atoms with E-state index in [-0.39, 0.29) is 11.9 Å². The summed E-state index contributed by atoms with van der Waals surface area (Å²) in [6.45, 7) is 8.52. The number of amides is 1. The summed E-state index contributed by atoms with van der Waals surface area (Å²) in [6, 6.07) is 16.5. The molecule has 1 fully saturated rings. The van der Waals surface area contributed by atoms with Crippen molar-refractivity contribution in [2.24, 2.45) is 0 Å². The van der Waals surface area contributed by atoms with Gasteiger partial charge in [-0.15, -0.1) is 0 Å². The van der Waals surface area contributed by atoms with Crippen LogP contribution in [0.15, 0.2) is 52.9 Å². The van der Waals surface area contributed by atoms with Gasteiger partial charge in [0.15, 0.2) is 0 Å². The number of fused-ring (bicyclic) bond motifs is 1. The molecule has 134 valence electrons. The highest BCUT2D eigenvalue weighted by atomic mass is 16.3. The van der Waals surface area contributed by atoms with Gasteiger partial charge in [0.05, 0.1) is 5.56 Å². The van der Waals surface area contributed by atoms with Crippen LogP contribution < -0.4 is 4.90 Å². The van der Waals surface area contributed by atoms with Crippen LogP contribution in [0.4, 0.5) is 5.69 Å². The average molecular weight is 348 g/mol. The molecule has 26 heavy (non-hydrogen) atoms. The zero-order valence-electron chi connectivity index (χ0n) is 15.5. The van der Waals surface area contributed by atoms with Crippen molar-refractivity contribution in [3.8, 4) is 0 Å². The molecule has 1 atom stereocenters. The second kappa shape index (κ2) is 6.52. The number of para-hydroxylation sites is 1. The Labute approximate surface area is 154 Å². The predicted octanol–water partition coefficient (Wildman–Crippen LogP) is 4.40. The second-order valence-corrected chi connectivity index (χ2v) is 7.21. The van der Waals surface area contributed by atoms with E-state index in [9.17, 15) is 4.79 Å². The van der Waals surface area contributed by atoms with Crippen LogP contribution in [-0.2, 0) is 0 Å². The maximum Gasteiger partial charge on any atom is 0.258 e. The smallest absolute Gasteiger partial charge is 0.258 e. The molecule has 0 bridgehead atoms. The van der Waals surface area contributed by atoms with Gasteiger partial charge in [-0.3, -0.25) is 4.79 Å². The predicted molar refractivity (Wildman–Crippen MR) is 105 cm³/mol. The second-order valence-electron chi connectivity index (χ2n) is 7.21. The number of anilines is 1. The minimum atomic E-state index is 0.0565. The first-order chi connectivity index (χ1) is 12.5. The lowest BCUT2D eigenvalue weighted by molar-refractivity contribution is 0.0675. The first kappa shape index (κ1) is 16.7. The molecule has 2 heterocycles. The van der Waals surface area contributed by atoms with Gasteiger partial charge in [-0.1, -0.05) is 29.8 Å². The van der Waals surface area contributed by atoms with E-state index in [0.29, 0.717) is 17.7 Å². The van der Waals surface area contributed by atoms with Crippen molar-refractivity contribution >= 4 is 22.6 Å². The average Bonchev–Trinajstić information content (AvgIpc) is 3.02. The van der Waals surface area contributed by atoms with E-state index < -0.39 is 0 Å². The summed E-state index contributed by atoms with van der Waals surface area (Å²) in [5, 5.41) is 0.985. The molecule has 4 rings (SSSR count). The van der Waals surface area contributed by atoms with E-state index in [1.54, 1.807) is 0 Å². The number of rotatable bonds is 2. The maximum absolute atomic E-state index is 13.2. The quantitative estimate of drug-likeness (QED) is 0.689.